The van der Waals surface area contributed by atoms with Gasteiger partial charge >= 0.3 is 5.97 Å². The zero-order valence-corrected chi connectivity index (χ0v) is 44.2. The van der Waals surface area contributed by atoms with Gasteiger partial charge in [-0.3, -0.25) is 8.98 Å². The second-order valence-electron chi connectivity index (χ2n) is 16.2. The number of carbonyl (C=O) groups is 1. The minimum absolute atomic E-state index is 0.0375. The van der Waals surface area contributed by atoms with Crippen LogP contribution in [0, 0.1) is 5.92 Å². The number of allylic oxidation sites excluding steroid dienone is 1. The average molecular weight is 1110 g/mol. The molecule has 0 amide bonds. The van der Waals surface area contributed by atoms with Crippen LogP contribution in [0.1, 0.15) is 143 Å². The van der Waals surface area contributed by atoms with E-state index in [1.54, 1.807) is 19.1 Å². The van der Waals surface area contributed by atoms with Gasteiger partial charge in [-0.1, -0.05) is 97.0 Å². The van der Waals surface area contributed by atoms with E-state index in [-0.39, 0.29) is 38.1 Å². The molecule has 0 aliphatic rings. The van der Waals surface area contributed by atoms with E-state index in [4.69, 9.17) is 130 Å². The van der Waals surface area contributed by atoms with Gasteiger partial charge in [-0.05, 0) is 57.4 Å². The molecule has 1 unspecified atom stereocenters. The van der Waals surface area contributed by atoms with E-state index in [1.165, 1.54) is 64.7 Å². The first-order chi connectivity index (χ1) is 28.9. The predicted molar refractivity (Wildman–Crippen MR) is 258 cm³/mol. The number of hydrogen-bond donors (Lipinski definition) is 4. The summed E-state index contributed by atoms with van der Waals surface area (Å²) >= 11 is 64.2. The highest BCUT2D eigenvalue weighted by Gasteiger charge is 2.43. The molecule has 0 radical (unpaired) electrons. The molecule has 0 spiro atoms. The molecule has 0 heterocycles. The maximum absolute atomic E-state index is 12.4. The number of esters is 1. The summed E-state index contributed by atoms with van der Waals surface area (Å²) in [5, 5.41) is 31.1. The number of aliphatic hydroxyl groups is 4. The molecule has 62 heavy (non-hydrogen) atoms. The lowest BCUT2D eigenvalue weighted by Gasteiger charge is -2.35. The molecule has 370 valence electrons. The molecule has 0 saturated heterocycles. The first-order valence-electron chi connectivity index (χ1n) is 21.5. The molecular formula is C41H69Cl10O10S-. The largest absolute Gasteiger partial charge is 0.726 e. The summed E-state index contributed by atoms with van der Waals surface area (Å²) in [5.74, 6) is -1.13. The monoisotopic (exact) mass is 1100 g/mol. The Balaban J connectivity index is 5.06. The van der Waals surface area contributed by atoms with Crippen LogP contribution in [0.5, 0.6) is 0 Å². The minimum atomic E-state index is -5.27. The maximum atomic E-state index is 12.4. The summed E-state index contributed by atoms with van der Waals surface area (Å²) in [7, 11) is -5.27. The summed E-state index contributed by atoms with van der Waals surface area (Å²) in [6.07, 6.45) is 12.6. The standard InChI is InChI=1S/C41H70Cl10O10S/c1-4-5-6-7-8-9-10-11-12-13-14-15-16-20-33(54)60-27(3)18-17-19-29(43)35(46)32(61-62(57,58)59)23-26(2)34(45)40(56)38(49)36(47)37(48)39(55)30(44)24-41(50,51)22-21-28(42)31(53)25-52/h17-18,26-32,34-40,52-53,55-56H,4-16,19-25H2,1-3H3,(H,57,58,59)/p-1/b18-17+/t26-,27?,28-,29+,30+,31-,32-,34-,35-,36-,37-,38+,39+,40+/m0/s1. The molecule has 0 aromatic heterocycles. The molecule has 14 atom stereocenters. The Kier molecular flexibility index (Phi) is 36.0. The Morgan fingerprint density at radius 3 is 1.71 bits per heavy atom. The van der Waals surface area contributed by atoms with Crippen molar-refractivity contribution >= 4 is 132 Å². The quantitative estimate of drug-likeness (QED) is 0.0116. The Labute approximate surface area is 421 Å². The van der Waals surface area contributed by atoms with E-state index in [9.17, 15) is 33.1 Å². The SMILES string of the molecule is CCCCCCCCCCCCCCCC(=O)OC(C)/C=C/C[C@@H](Cl)[C@H](Cl)[C@H](C[C@H](C)[C@H](Cl)[C@@H](O)[C@H](Cl)[C@@H](Cl)[C@H](Cl)[C@H](O)[C@H](Cl)CC(Cl)(Cl)CC[C@H](Cl)[C@@H](O)CO)OS(=O)(=O)[O-]. The molecule has 0 aliphatic heterocycles. The molecule has 0 aromatic rings. The Hall–Kier alpha value is 1.82. The lowest BCUT2D eigenvalue weighted by atomic mass is 9.91. The van der Waals surface area contributed by atoms with E-state index >= 15 is 0 Å². The first kappa shape index (κ1) is 63.8. The third-order valence-corrected chi connectivity index (χ3v) is 16.3. The van der Waals surface area contributed by atoms with Crippen LogP contribution in [-0.2, 0) is 24.1 Å². The molecule has 21 heteroatoms. The molecule has 0 bridgehead atoms. The van der Waals surface area contributed by atoms with Gasteiger partial charge < -0.3 is 29.7 Å². The fourth-order valence-electron chi connectivity index (χ4n) is 6.65. The van der Waals surface area contributed by atoms with Crippen LogP contribution in [-0.4, -0.2) is 124 Å². The van der Waals surface area contributed by atoms with Gasteiger partial charge in [-0.2, -0.15) is 0 Å². The van der Waals surface area contributed by atoms with E-state index in [0.29, 0.717) is 6.42 Å². The molecule has 4 N–H and O–H groups in total. The molecular weight excluding hydrogens is 1040 g/mol. The van der Waals surface area contributed by atoms with Gasteiger partial charge in [0.15, 0.2) is 0 Å². The van der Waals surface area contributed by atoms with Crippen molar-refractivity contribution in [3.63, 3.8) is 0 Å². The number of rotatable bonds is 38. The Morgan fingerprint density at radius 2 is 1.21 bits per heavy atom. The van der Waals surface area contributed by atoms with Gasteiger partial charge in [0.05, 0.1) is 74.0 Å². The number of unbranched alkanes of at least 4 members (excludes halogenated alkanes) is 12. The van der Waals surface area contributed by atoms with Crippen LogP contribution in [0.4, 0.5) is 0 Å². The maximum Gasteiger partial charge on any atom is 0.306 e. The van der Waals surface area contributed by atoms with Crippen LogP contribution in [0.15, 0.2) is 12.2 Å². The van der Waals surface area contributed by atoms with E-state index < -0.39 is 101 Å². The number of aliphatic hydroxyl groups excluding tert-OH is 4. The molecule has 0 aliphatic carbocycles. The molecule has 0 aromatic carbocycles. The lowest BCUT2D eigenvalue weighted by Crippen LogP contribution is -2.48. The van der Waals surface area contributed by atoms with Gasteiger partial charge in [0.2, 0.25) is 10.4 Å². The average Bonchev–Trinajstić information content (AvgIpc) is 3.20. The second-order valence-corrected chi connectivity index (χ2v) is 23.1. The Bertz CT molecular complexity index is 1310. The lowest BCUT2D eigenvalue weighted by molar-refractivity contribution is -0.146. The minimum Gasteiger partial charge on any atom is -0.726 e. The zero-order valence-electron chi connectivity index (χ0n) is 35.8. The zero-order chi connectivity index (χ0) is 47.6. The van der Waals surface area contributed by atoms with Gasteiger partial charge in [-0.25, -0.2) is 8.42 Å². The fraction of sp³-hybridized carbons (Fsp3) is 0.927. The number of halogens is 10. The number of alkyl halides is 10. The summed E-state index contributed by atoms with van der Waals surface area (Å²) in [6, 6.07) is 0. The second kappa shape index (κ2) is 35.0. The summed E-state index contributed by atoms with van der Waals surface area (Å²) in [5.41, 5.74) is 0. The third kappa shape index (κ3) is 29.0. The first-order valence-corrected chi connectivity index (χ1v) is 27.1. The predicted octanol–water partition coefficient (Wildman–Crippen LogP) is 11.5. The van der Waals surface area contributed by atoms with Crippen molar-refractivity contribution in [3.05, 3.63) is 12.2 Å². The number of carbonyl (C=O) groups excluding carboxylic acids is 1. The highest BCUT2D eigenvalue weighted by molar-refractivity contribution is 7.80. The van der Waals surface area contributed by atoms with Gasteiger partial charge in [-0.15, -0.1) is 116 Å². The van der Waals surface area contributed by atoms with E-state index in [1.807, 2.05) is 0 Å². The molecule has 0 fully saturated rings. The van der Waals surface area contributed by atoms with E-state index in [0.717, 1.165) is 25.7 Å². The van der Waals surface area contributed by atoms with Crippen molar-refractivity contribution in [2.45, 2.75) is 221 Å². The van der Waals surface area contributed by atoms with Crippen LogP contribution in [0.2, 0.25) is 0 Å². The van der Waals surface area contributed by atoms with E-state index in [2.05, 4.69) is 6.92 Å². The highest BCUT2D eigenvalue weighted by Crippen LogP contribution is 2.39. The van der Waals surface area contributed by atoms with Crippen molar-refractivity contribution in [1.29, 1.82) is 0 Å². The Morgan fingerprint density at radius 1 is 0.710 bits per heavy atom. The van der Waals surface area contributed by atoms with Crippen LogP contribution < -0.4 is 0 Å². The summed E-state index contributed by atoms with van der Waals surface area (Å²) in [6.45, 7) is 4.89. The summed E-state index contributed by atoms with van der Waals surface area (Å²) < 4.78 is 43.8. The highest BCUT2D eigenvalue weighted by atomic mass is 35.5. The van der Waals surface area contributed by atoms with Crippen molar-refractivity contribution in [2.24, 2.45) is 5.92 Å². The molecule has 0 saturated carbocycles. The molecule has 0 rings (SSSR count). The van der Waals surface area contributed by atoms with Crippen LogP contribution >= 0.6 is 116 Å². The normalized spacial score (nSPS) is 19.7. The number of hydrogen-bond acceptors (Lipinski definition) is 10. The van der Waals surface area contributed by atoms with Gasteiger partial charge in [0, 0.05) is 6.42 Å². The third-order valence-electron chi connectivity index (χ3n) is 10.5. The summed E-state index contributed by atoms with van der Waals surface area (Å²) in [4.78, 5) is 12.4. The molecule has 10 nitrogen and oxygen atoms in total. The van der Waals surface area contributed by atoms with Crippen molar-refractivity contribution in [1.82, 2.24) is 0 Å². The van der Waals surface area contributed by atoms with Crippen molar-refractivity contribution < 1.29 is 47.1 Å². The van der Waals surface area contributed by atoms with Gasteiger partial charge in [0.1, 0.15) is 10.4 Å². The van der Waals surface area contributed by atoms with Crippen LogP contribution in [0.25, 0.3) is 0 Å². The fourth-order valence-corrected chi connectivity index (χ4v) is 10.5. The topological polar surface area (TPSA) is 174 Å². The number of ether oxygens (including phenoxy) is 1. The van der Waals surface area contributed by atoms with Crippen molar-refractivity contribution in [2.75, 3.05) is 6.61 Å². The smallest absolute Gasteiger partial charge is 0.306 e. The van der Waals surface area contributed by atoms with Crippen LogP contribution in [0.3, 0.4) is 0 Å². The van der Waals surface area contributed by atoms with Crippen molar-refractivity contribution in [3.8, 4) is 0 Å². The van der Waals surface area contributed by atoms with Gasteiger partial charge in [0.25, 0.3) is 0 Å².